The van der Waals surface area contributed by atoms with Crippen LogP contribution in [-0.2, 0) is 5.41 Å². The van der Waals surface area contributed by atoms with Crippen molar-refractivity contribution in [3.63, 3.8) is 0 Å². The summed E-state index contributed by atoms with van der Waals surface area (Å²) in [6.45, 7) is -6.71. The first kappa shape index (κ1) is 28.8. The Morgan fingerprint density at radius 3 is 1.28 bits per heavy atom. The number of nitrogens with zero attached hydrogens (tertiary/aromatic N) is 5. The summed E-state index contributed by atoms with van der Waals surface area (Å²) in [5.74, 6) is 0.0468. The first-order valence-electron chi connectivity index (χ1n) is 27.8. The topological polar surface area (TPSA) is 48.5 Å². The maximum absolute atomic E-state index is 9.50. The molecule has 0 N–H and O–H groups in total. The minimum absolute atomic E-state index is 0.0842. The molecule has 0 unspecified atom stereocenters. The summed E-state index contributed by atoms with van der Waals surface area (Å²) in [6.07, 6.45) is -0.765. The molecule has 1 aliphatic heterocycles. The summed E-state index contributed by atoms with van der Waals surface area (Å²) >= 11 is -6.00. The van der Waals surface area contributed by atoms with Crippen LogP contribution in [0.2, 0.25) is 16.6 Å². The maximum atomic E-state index is 9.50. The molecule has 0 aliphatic carbocycles. The van der Waals surface area contributed by atoms with E-state index in [0.29, 0.717) is 5.19 Å². The summed E-state index contributed by atoms with van der Waals surface area (Å²) in [6, 6.07) is 63.9. The Morgan fingerprint density at radius 2 is 0.877 bits per heavy atom. The molecule has 7 heteroatoms. The molecule has 11 aromatic rings. The molecule has 0 amide bonds. The molecule has 65 heavy (non-hydrogen) atoms. The molecule has 0 spiro atoms. The third-order valence-electron chi connectivity index (χ3n) is 13.4. The predicted octanol–water partition coefficient (Wildman–Crippen LogP) is 10.7. The van der Waals surface area contributed by atoms with Gasteiger partial charge < -0.3 is 0 Å². The van der Waals surface area contributed by atoms with E-state index in [1.807, 2.05) is 197 Å². The molecule has 0 atom stereocenters. The molecule has 8 aromatic carbocycles. The third-order valence-corrected chi connectivity index (χ3v) is 23.0. The van der Waals surface area contributed by atoms with Gasteiger partial charge in [0.15, 0.2) is 0 Å². The Kier molecular flexibility index (Phi) is 6.70. The zero-order chi connectivity index (χ0) is 53.9. The average Bonchev–Trinajstić information content (AvgIpc) is 4.08. The number of hydrogen-bond acceptors (Lipinski definition) is 3. The van der Waals surface area contributed by atoms with Crippen molar-refractivity contribution < 1.29 is 16.4 Å². The predicted molar refractivity (Wildman–Crippen MR) is 277 cm³/mol. The van der Waals surface area contributed by atoms with Gasteiger partial charge in [-0.2, -0.15) is 0 Å². The van der Waals surface area contributed by atoms with Gasteiger partial charge in [-0.15, -0.1) is 0 Å². The molecule has 0 radical (unpaired) electrons. The van der Waals surface area contributed by atoms with Crippen LogP contribution in [0.25, 0.3) is 66.9 Å². The van der Waals surface area contributed by atoms with E-state index >= 15 is 0 Å². The van der Waals surface area contributed by atoms with E-state index in [9.17, 15) is 16.4 Å². The Morgan fingerprint density at radius 1 is 0.477 bits per heavy atom. The van der Waals surface area contributed by atoms with Crippen molar-refractivity contribution in [3.05, 3.63) is 206 Å². The Balaban J connectivity index is 1.36. The number of fused-ring (bicyclic) bond motifs is 7. The zero-order valence-corrected chi connectivity index (χ0v) is 38.3. The summed E-state index contributed by atoms with van der Waals surface area (Å²) in [5, 5.41) is 6.00. The molecule has 0 saturated carbocycles. The van der Waals surface area contributed by atoms with Crippen molar-refractivity contribution in [2.24, 2.45) is 0 Å². The summed E-state index contributed by atoms with van der Waals surface area (Å²) in [7, 11) is -3.82. The van der Waals surface area contributed by atoms with E-state index in [1.54, 1.807) is 12.1 Å². The van der Waals surface area contributed by atoms with Gasteiger partial charge in [0, 0.05) is 0 Å². The van der Waals surface area contributed by atoms with E-state index in [4.69, 9.17) is 15.0 Å². The fraction of sp³-hybridized carbons (Fsp3) is 0.121. The van der Waals surface area contributed by atoms with Gasteiger partial charge in [0.25, 0.3) is 0 Å². The second kappa shape index (κ2) is 15.1. The van der Waals surface area contributed by atoms with Gasteiger partial charge in [0.2, 0.25) is 0 Å². The van der Waals surface area contributed by atoms with Gasteiger partial charge in [0.05, 0.1) is 0 Å². The van der Waals surface area contributed by atoms with Gasteiger partial charge in [0.1, 0.15) is 0 Å². The Labute approximate surface area is 400 Å². The van der Waals surface area contributed by atoms with Crippen molar-refractivity contribution in [2.75, 3.05) is 0 Å². The molecule has 0 bridgehead atoms. The van der Waals surface area contributed by atoms with Gasteiger partial charge in [-0.3, -0.25) is 0 Å². The molecule has 314 valence electrons. The molecule has 0 saturated heterocycles. The van der Waals surface area contributed by atoms with Crippen LogP contribution < -0.4 is 25.1 Å². The van der Waals surface area contributed by atoms with Crippen LogP contribution in [0.3, 0.4) is 0 Å². The van der Waals surface area contributed by atoms with Crippen LogP contribution in [0.5, 0.6) is 0 Å². The van der Waals surface area contributed by atoms with E-state index in [2.05, 4.69) is 0 Å². The van der Waals surface area contributed by atoms with Crippen LogP contribution in [0.4, 0.5) is 0 Å². The monoisotopic (exact) mass is 929 g/mol. The number of hydrogen-bond donors (Lipinski definition) is 0. The van der Waals surface area contributed by atoms with Crippen molar-refractivity contribution in [1.82, 2.24) is 24.1 Å². The van der Waals surface area contributed by atoms with Crippen molar-refractivity contribution in [3.8, 4) is 23.3 Å². The molecule has 3 aromatic heterocycles. The van der Waals surface area contributed by atoms with Gasteiger partial charge in [-0.05, 0) is 0 Å². The van der Waals surface area contributed by atoms with Crippen LogP contribution in [0, 0.1) is 0 Å². The van der Waals surface area contributed by atoms with Gasteiger partial charge in [-0.25, -0.2) is 0 Å². The first-order chi connectivity index (χ1) is 36.7. The fourth-order valence-corrected chi connectivity index (χ4v) is 20.2. The summed E-state index contributed by atoms with van der Waals surface area (Å²) < 4.78 is 117. The van der Waals surface area contributed by atoms with E-state index < -0.39 is 63.5 Å². The number of rotatable bonds is 7. The van der Waals surface area contributed by atoms with Crippen molar-refractivity contribution in [1.29, 1.82) is 0 Å². The molecule has 4 heterocycles. The van der Waals surface area contributed by atoms with Crippen molar-refractivity contribution in [2.45, 2.75) is 42.2 Å². The van der Waals surface area contributed by atoms with Gasteiger partial charge in [-0.1, -0.05) is 0 Å². The number of benzene rings is 8. The molecule has 5 nitrogen and oxygen atoms in total. The normalized spacial score (nSPS) is 18.1. The summed E-state index contributed by atoms with van der Waals surface area (Å²) in [4.78, 5) is 16.1. The van der Waals surface area contributed by atoms with E-state index in [1.165, 1.54) is 0 Å². The standard InChI is InChI=1S/C58H49GeN5Si/c1-58(2)36-37-59(3,4)49-39-43(65(40-22-8-5-9-23-40,41-24-10-6-11-25-41)42-26-12-7-13-27-42)38-48(54(49)58)55-60-56(63-50-32-18-14-28-44(50)45-29-15-19-33-51(45)63)62-57(61-55)64-52-34-20-16-30-46(52)47-31-17-21-35-53(47)64/h5-35,38-39H,36-37H2,1-4H3/i1D3,2D3,3D3,4D3. The first-order valence-corrected chi connectivity index (χ1v) is 28.5. The second-order valence-electron chi connectivity index (χ2n) is 17.1. The van der Waals surface area contributed by atoms with Crippen LogP contribution in [0.1, 0.15) is 42.1 Å². The SMILES string of the molecule is [2H]C([2H])([2H])C1(C([2H])([2H])[2H])C[CH2][Ge]([C]([2H])([2H])[2H])([C]([2H])([2H])[2H])[c]2cc([Si](c3ccccc3)(c3ccccc3)c3ccccc3)cc(-c3nc(-n4c5ccccc5c5ccccc54)nc(-n4c5ccccc5c5ccccc54)n3)c21. The molecular weight excluding hydrogens is 867 g/mol. The van der Waals surface area contributed by atoms with Crippen LogP contribution >= 0.6 is 0 Å². The Bertz CT molecular complexity index is 3720. The molecule has 1 aliphatic rings. The van der Waals surface area contributed by atoms with Crippen molar-refractivity contribution >= 4 is 90.1 Å². The quantitative estimate of drug-likeness (QED) is 0.118. The van der Waals surface area contributed by atoms with Crippen LogP contribution in [0.15, 0.2) is 200 Å². The minimum atomic E-state index is -6.00. The van der Waals surface area contributed by atoms with Gasteiger partial charge >= 0.3 is 402 Å². The van der Waals surface area contributed by atoms with Crippen LogP contribution in [-0.4, -0.2) is 45.4 Å². The fourth-order valence-electron chi connectivity index (χ4n) is 10.5. The average molecular weight is 929 g/mol. The summed E-state index contributed by atoms with van der Waals surface area (Å²) in [5.41, 5.74) is -6.67. The molecular formula is C58H49GeN5Si. The third kappa shape index (κ3) is 6.14. The Hall–Kier alpha value is -6.87. The zero-order valence-electron chi connectivity index (χ0n) is 47.2. The number of para-hydroxylation sites is 4. The second-order valence-corrected chi connectivity index (χ2v) is 26.9. The number of aromatic nitrogens is 5. The van der Waals surface area contributed by atoms with E-state index in [0.717, 1.165) is 59.2 Å². The van der Waals surface area contributed by atoms with E-state index in [-0.39, 0.29) is 33.2 Å². The molecule has 0 fully saturated rings. The molecule has 12 rings (SSSR count).